The molecule has 0 fully saturated rings. The molecular weight excluding hydrogens is 344 g/mol. The predicted molar refractivity (Wildman–Crippen MR) is 111 cm³/mol. The van der Waals surface area contributed by atoms with Crippen molar-refractivity contribution in [2.75, 3.05) is 21.3 Å². The second kappa shape index (κ2) is 7.23. The summed E-state index contributed by atoms with van der Waals surface area (Å²) in [6.45, 7) is 15.2. The van der Waals surface area contributed by atoms with E-state index in [2.05, 4.69) is 40.4 Å². The van der Waals surface area contributed by atoms with Crippen molar-refractivity contribution in [1.82, 2.24) is 0 Å². The van der Waals surface area contributed by atoms with Crippen LogP contribution in [0.25, 0.3) is 16.5 Å². The molecule has 0 N–H and O–H groups in total. The average Bonchev–Trinajstić information content (AvgIpc) is 2.58. The van der Waals surface area contributed by atoms with E-state index in [1.54, 1.807) is 21.3 Å². The molecule has 2 aromatic rings. The normalized spacial score (nSPS) is 12.0. The molecule has 0 saturated heterocycles. The van der Waals surface area contributed by atoms with Crippen LogP contribution in [0.3, 0.4) is 0 Å². The maximum absolute atomic E-state index is 6.42. The van der Waals surface area contributed by atoms with Gasteiger partial charge in [0.25, 0.3) is 0 Å². The minimum absolute atomic E-state index is 0.0712. The van der Waals surface area contributed by atoms with Crippen LogP contribution in [0.2, 0.25) is 18.1 Å². The van der Waals surface area contributed by atoms with E-state index in [0.717, 1.165) is 27.8 Å². The Hall–Kier alpha value is -2.14. The molecule has 0 aliphatic rings. The van der Waals surface area contributed by atoms with E-state index in [1.165, 1.54) is 0 Å². The first-order chi connectivity index (χ1) is 12.1. The maximum Gasteiger partial charge on any atom is 0.250 e. The number of hydrogen-bond acceptors (Lipinski definition) is 4. The van der Waals surface area contributed by atoms with Crippen molar-refractivity contribution >= 4 is 24.8 Å². The van der Waals surface area contributed by atoms with Gasteiger partial charge in [0, 0.05) is 5.39 Å². The molecule has 0 bridgehead atoms. The van der Waals surface area contributed by atoms with E-state index in [0.29, 0.717) is 11.5 Å². The van der Waals surface area contributed by atoms with Gasteiger partial charge in [-0.1, -0.05) is 39.5 Å². The van der Waals surface area contributed by atoms with Gasteiger partial charge in [0.15, 0.2) is 0 Å². The molecule has 0 aromatic heterocycles. The van der Waals surface area contributed by atoms with E-state index >= 15 is 0 Å². The zero-order chi connectivity index (χ0) is 19.7. The van der Waals surface area contributed by atoms with E-state index in [4.69, 9.17) is 18.6 Å². The minimum atomic E-state index is -2.03. The molecule has 5 heteroatoms. The van der Waals surface area contributed by atoms with Crippen LogP contribution in [0.5, 0.6) is 17.2 Å². The fourth-order valence-corrected chi connectivity index (χ4v) is 3.69. The van der Waals surface area contributed by atoms with Gasteiger partial charge in [0.05, 0.1) is 32.3 Å². The van der Waals surface area contributed by atoms with Crippen molar-refractivity contribution < 1.29 is 18.6 Å². The third-order valence-corrected chi connectivity index (χ3v) is 9.54. The van der Waals surface area contributed by atoms with Crippen molar-refractivity contribution in [2.24, 2.45) is 0 Å². The monoisotopic (exact) mass is 374 g/mol. The molecule has 0 atom stereocenters. The van der Waals surface area contributed by atoms with Gasteiger partial charge in [-0.15, -0.1) is 0 Å². The Bertz CT molecular complexity index is 819. The summed E-state index contributed by atoms with van der Waals surface area (Å²) >= 11 is 0. The predicted octanol–water partition coefficient (Wildman–Crippen LogP) is 5.86. The number of benzene rings is 2. The molecule has 0 heterocycles. The third kappa shape index (κ3) is 3.54. The van der Waals surface area contributed by atoms with E-state index in [1.807, 2.05) is 24.3 Å². The molecule has 26 heavy (non-hydrogen) atoms. The van der Waals surface area contributed by atoms with E-state index in [9.17, 15) is 0 Å². The molecule has 0 spiro atoms. The first kappa shape index (κ1) is 20.2. The van der Waals surface area contributed by atoms with Crippen LogP contribution in [0.1, 0.15) is 26.3 Å². The Morgan fingerprint density at radius 3 is 2.08 bits per heavy atom. The highest BCUT2D eigenvalue weighted by Gasteiger charge is 2.39. The lowest BCUT2D eigenvalue weighted by atomic mass is 10.0. The van der Waals surface area contributed by atoms with Gasteiger partial charge in [-0.05, 0) is 30.3 Å². The molecule has 2 aromatic carbocycles. The summed E-state index contributed by atoms with van der Waals surface area (Å²) in [5.41, 5.74) is 0.783. The number of rotatable bonds is 6. The standard InChI is InChI=1S/C21H30O4Si/c1-14(25-26(8,9)21(2,3)4)16-13-18(23-6)15-11-10-12-17(22-5)19(15)20(16)24-7/h10-13H,1H2,2-9H3. The number of fused-ring (bicyclic) bond motifs is 1. The Morgan fingerprint density at radius 1 is 0.962 bits per heavy atom. The number of ether oxygens (including phenoxy) is 3. The summed E-state index contributed by atoms with van der Waals surface area (Å²) in [6, 6.07) is 7.76. The SMILES string of the molecule is C=C(O[Si](C)(C)C(C)(C)C)c1cc(OC)c2cccc(OC)c2c1OC. The first-order valence-electron chi connectivity index (χ1n) is 8.67. The topological polar surface area (TPSA) is 36.9 Å². The molecule has 142 valence electrons. The zero-order valence-corrected chi connectivity index (χ0v) is 18.1. The van der Waals surface area contributed by atoms with Gasteiger partial charge >= 0.3 is 0 Å². The van der Waals surface area contributed by atoms with Crippen molar-refractivity contribution in [3.8, 4) is 17.2 Å². The summed E-state index contributed by atoms with van der Waals surface area (Å²) in [7, 11) is 2.92. The Morgan fingerprint density at radius 2 is 1.58 bits per heavy atom. The van der Waals surface area contributed by atoms with Crippen molar-refractivity contribution in [1.29, 1.82) is 0 Å². The lowest BCUT2D eigenvalue weighted by Gasteiger charge is -2.37. The quantitative estimate of drug-likeness (QED) is 0.469. The second-order valence-electron chi connectivity index (χ2n) is 7.83. The fraction of sp³-hybridized carbons (Fsp3) is 0.429. The third-order valence-electron chi connectivity index (χ3n) is 5.17. The zero-order valence-electron chi connectivity index (χ0n) is 17.1. The van der Waals surface area contributed by atoms with Gasteiger partial charge in [0.1, 0.15) is 23.0 Å². The first-order valence-corrected chi connectivity index (χ1v) is 11.6. The molecule has 0 amide bonds. The molecule has 2 rings (SSSR count). The van der Waals surface area contributed by atoms with Gasteiger partial charge in [-0.25, -0.2) is 0 Å². The van der Waals surface area contributed by atoms with Crippen LogP contribution < -0.4 is 14.2 Å². The number of methoxy groups -OCH3 is 3. The Labute approximate surface area is 157 Å². The van der Waals surface area contributed by atoms with Crippen LogP contribution in [-0.4, -0.2) is 29.6 Å². The van der Waals surface area contributed by atoms with E-state index < -0.39 is 8.32 Å². The van der Waals surface area contributed by atoms with Crippen molar-refractivity contribution in [3.05, 3.63) is 36.4 Å². The highest BCUT2D eigenvalue weighted by Crippen LogP contribution is 2.46. The average molecular weight is 375 g/mol. The van der Waals surface area contributed by atoms with Crippen LogP contribution in [-0.2, 0) is 4.43 Å². The Kier molecular flexibility index (Phi) is 5.61. The molecule has 0 aliphatic heterocycles. The molecule has 0 aliphatic carbocycles. The summed E-state index contributed by atoms with van der Waals surface area (Å²) in [6.07, 6.45) is 0. The van der Waals surface area contributed by atoms with Crippen LogP contribution in [0.15, 0.2) is 30.8 Å². The molecule has 0 radical (unpaired) electrons. The van der Waals surface area contributed by atoms with E-state index in [-0.39, 0.29) is 5.04 Å². The summed E-state index contributed by atoms with van der Waals surface area (Å²) in [4.78, 5) is 0. The Balaban J connectivity index is 2.69. The maximum atomic E-state index is 6.42. The summed E-state index contributed by atoms with van der Waals surface area (Å²) in [5.74, 6) is 2.73. The molecule has 0 unspecified atom stereocenters. The highest BCUT2D eigenvalue weighted by atomic mass is 28.4. The highest BCUT2D eigenvalue weighted by molar-refractivity contribution is 6.74. The summed E-state index contributed by atoms with van der Waals surface area (Å²) < 4.78 is 23.4. The van der Waals surface area contributed by atoms with Crippen molar-refractivity contribution in [3.63, 3.8) is 0 Å². The van der Waals surface area contributed by atoms with Crippen LogP contribution in [0.4, 0.5) is 0 Å². The van der Waals surface area contributed by atoms with Crippen LogP contribution in [0, 0.1) is 0 Å². The second-order valence-corrected chi connectivity index (χ2v) is 12.6. The van der Waals surface area contributed by atoms with Crippen molar-refractivity contribution in [2.45, 2.75) is 38.9 Å². The molecule has 0 saturated carbocycles. The lowest BCUT2D eigenvalue weighted by molar-refractivity contribution is 0.395. The molecular formula is C21H30O4Si. The lowest BCUT2D eigenvalue weighted by Crippen LogP contribution is -2.40. The number of hydrogen-bond donors (Lipinski definition) is 0. The van der Waals surface area contributed by atoms with Gasteiger partial charge in [-0.3, -0.25) is 0 Å². The fourth-order valence-electron chi connectivity index (χ4n) is 2.65. The van der Waals surface area contributed by atoms with Gasteiger partial charge in [-0.2, -0.15) is 0 Å². The van der Waals surface area contributed by atoms with Crippen LogP contribution >= 0.6 is 0 Å². The summed E-state index contributed by atoms with van der Waals surface area (Å²) in [5, 5.41) is 1.85. The minimum Gasteiger partial charge on any atom is -0.543 e. The van der Waals surface area contributed by atoms with Gasteiger partial charge in [0.2, 0.25) is 8.32 Å². The smallest absolute Gasteiger partial charge is 0.250 e. The van der Waals surface area contributed by atoms with Gasteiger partial charge < -0.3 is 18.6 Å². The largest absolute Gasteiger partial charge is 0.543 e. The molecule has 4 nitrogen and oxygen atoms in total.